The molecule has 0 fully saturated rings. The van der Waals surface area contributed by atoms with E-state index in [9.17, 15) is 8.42 Å². The van der Waals surface area contributed by atoms with Crippen molar-refractivity contribution < 1.29 is 13.5 Å². The van der Waals surface area contributed by atoms with Gasteiger partial charge in [0.1, 0.15) is 0 Å². The number of aromatic nitrogens is 2. The van der Waals surface area contributed by atoms with Crippen molar-refractivity contribution in [2.24, 2.45) is 0 Å². The van der Waals surface area contributed by atoms with Crippen LogP contribution in [0.2, 0.25) is 0 Å². The number of hydrogen-bond acceptors (Lipinski definition) is 4. The second-order valence-corrected chi connectivity index (χ2v) is 3.94. The molecule has 11 heavy (non-hydrogen) atoms. The minimum atomic E-state index is -3.30. The molecule has 0 amide bonds. The van der Waals surface area contributed by atoms with Gasteiger partial charge in [-0.15, -0.1) is 0 Å². The molecular weight excluding hydrogens is 168 g/mol. The lowest BCUT2D eigenvalue weighted by molar-refractivity contribution is 0.276. The molecule has 5 nitrogen and oxygen atoms in total. The maximum Gasteiger partial charge on any atom is 0.250 e. The molecule has 0 spiro atoms. The first-order valence-corrected chi connectivity index (χ1v) is 4.75. The molecule has 1 heterocycles. The van der Waals surface area contributed by atoms with Gasteiger partial charge in [-0.1, -0.05) is 0 Å². The summed E-state index contributed by atoms with van der Waals surface area (Å²) >= 11 is 0. The van der Waals surface area contributed by atoms with Gasteiger partial charge in [0.15, 0.2) is 0 Å². The Morgan fingerprint density at radius 3 is 2.64 bits per heavy atom. The maximum atomic E-state index is 10.8. The van der Waals surface area contributed by atoms with E-state index in [2.05, 4.69) is 5.10 Å². The van der Waals surface area contributed by atoms with Gasteiger partial charge in [0.25, 0.3) is 10.0 Å². The highest BCUT2D eigenvalue weighted by Gasteiger charge is 2.05. The predicted octanol–water partition coefficient (Wildman–Crippen LogP) is -0.817. The molecule has 0 atom stereocenters. The van der Waals surface area contributed by atoms with E-state index in [4.69, 9.17) is 5.11 Å². The summed E-state index contributed by atoms with van der Waals surface area (Å²) in [5, 5.41) is 12.1. The number of rotatable bonds is 2. The molecule has 0 bridgehead atoms. The Morgan fingerprint density at radius 1 is 1.73 bits per heavy atom. The second kappa shape index (κ2) is 2.63. The zero-order valence-electron chi connectivity index (χ0n) is 5.93. The normalized spacial score (nSPS) is 11.8. The summed E-state index contributed by atoms with van der Waals surface area (Å²) < 4.78 is 22.4. The zero-order valence-corrected chi connectivity index (χ0v) is 6.74. The zero-order chi connectivity index (χ0) is 8.48. The predicted molar refractivity (Wildman–Crippen MR) is 38.4 cm³/mol. The molecule has 0 aromatic carbocycles. The molecule has 0 unspecified atom stereocenters. The Bertz CT molecular complexity index is 340. The molecule has 0 saturated carbocycles. The molecule has 62 valence electrons. The number of aliphatic hydroxyl groups is 1. The summed E-state index contributed by atoms with van der Waals surface area (Å²) in [6.45, 7) is -0.248. The Balaban J connectivity index is 3.09. The van der Waals surface area contributed by atoms with Gasteiger partial charge in [-0.25, -0.2) is 8.42 Å². The molecule has 1 N–H and O–H groups in total. The highest BCUT2D eigenvalue weighted by molar-refractivity contribution is 7.89. The van der Waals surface area contributed by atoms with Crippen molar-refractivity contribution in [3.63, 3.8) is 0 Å². The first kappa shape index (κ1) is 8.22. The van der Waals surface area contributed by atoms with E-state index in [1.165, 1.54) is 12.3 Å². The average molecular weight is 176 g/mol. The van der Waals surface area contributed by atoms with Crippen molar-refractivity contribution in [3.8, 4) is 0 Å². The van der Waals surface area contributed by atoms with Crippen LogP contribution in [0, 0.1) is 0 Å². The molecule has 1 rings (SSSR count). The standard InChI is InChI=1S/C5H8N2O3S/c1-11(9,10)7-3-2-5(4-8)6-7/h2-3,8H,4H2,1H3. The van der Waals surface area contributed by atoms with Crippen molar-refractivity contribution in [2.75, 3.05) is 6.26 Å². The van der Waals surface area contributed by atoms with Crippen LogP contribution in [0.1, 0.15) is 5.69 Å². The van der Waals surface area contributed by atoms with Gasteiger partial charge in [0.2, 0.25) is 0 Å². The lowest BCUT2D eigenvalue weighted by Crippen LogP contribution is -2.10. The summed E-state index contributed by atoms with van der Waals surface area (Å²) in [7, 11) is -3.30. The van der Waals surface area contributed by atoms with E-state index in [1.807, 2.05) is 0 Å². The Hall–Kier alpha value is -0.880. The van der Waals surface area contributed by atoms with Gasteiger partial charge in [-0.3, -0.25) is 0 Å². The largest absolute Gasteiger partial charge is 0.390 e. The SMILES string of the molecule is CS(=O)(=O)n1ccc(CO)n1. The Labute approximate surface area is 64.3 Å². The second-order valence-electron chi connectivity index (χ2n) is 2.10. The highest BCUT2D eigenvalue weighted by Crippen LogP contribution is 1.97. The fourth-order valence-electron chi connectivity index (χ4n) is 0.612. The first-order chi connectivity index (χ1) is 5.04. The van der Waals surface area contributed by atoms with E-state index in [1.54, 1.807) is 0 Å². The quantitative estimate of drug-likeness (QED) is 0.639. The van der Waals surface area contributed by atoms with Gasteiger partial charge in [-0.05, 0) is 6.07 Å². The van der Waals surface area contributed by atoms with Crippen LogP contribution in [0.4, 0.5) is 0 Å². The van der Waals surface area contributed by atoms with Gasteiger partial charge in [0.05, 0.1) is 18.6 Å². The fourth-order valence-corrected chi connectivity index (χ4v) is 1.15. The van der Waals surface area contributed by atoms with E-state index < -0.39 is 10.0 Å². The van der Waals surface area contributed by atoms with Crippen molar-refractivity contribution >= 4 is 10.0 Å². The molecular formula is C5H8N2O3S. The molecule has 0 aliphatic carbocycles. The van der Waals surface area contributed by atoms with Crippen LogP contribution in [0.15, 0.2) is 12.3 Å². The van der Waals surface area contributed by atoms with Crippen molar-refractivity contribution in [2.45, 2.75) is 6.61 Å². The lowest BCUT2D eigenvalue weighted by Gasteiger charge is -1.93. The van der Waals surface area contributed by atoms with E-state index in [0.717, 1.165) is 10.3 Å². The molecule has 6 heteroatoms. The monoisotopic (exact) mass is 176 g/mol. The van der Waals surface area contributed by atoms with Crippen LogP contribution >= 0.6 is 0 Å². The van der Waals surface area contributed by atoms with E-state index >= 15 is 0 Å². The lowest BCUT2D eigenvalue weighted by atomic mass is 10.5. The summed E-state index contributed by atoms with van der Waals surface area (Å²) in [6.07, 6.45) is 2.34. The van der Waals surface area contributed by atoms with Gasteiger partial charge < -0.3 is 5.11 Å². The smallest absolute Gasteiger partial charge is 0.250 e. The number of nitrogens with zero attached hydrogens (tertiary/aromatic N) is 2. The maximum absolute atomic E-state index is 10.8. The Kier molecular flexibility index (Phi) is 1.97. The summed E-state index contributed by atoms with van der Waals surface area (Å²) in [6, 6.07) is 1.45. The van der Waals surface area contributed by atoms with Gasteiger partial charge in [0, 0.05) is 6.20 Å². The van der Waals surface area contributed by atoms with Crippen LogP contribution in [0.5, 0.6) is 0 Å². The topological polar surface area (TPSA) is 72.2 Å². The third kappa shape index (κ3) is 1.78. The van der Waals surface area contributed by atoms with E-state index in [-0.39, 0.29) is 6.61 Å². The summed E-state index contributed by atoms with van der Waals surface area (Å²) in [4.78, 5) is 0. The molecule has 0 aliphatic heterocycles. The van der Waals surface area contributed by atoms with Crippen LogP contribution in [0.25, 0.3) is 0 Å². The average Bonchev–Trinajstić information content (AvgIpc) is 2.32. The minimum Gasteiger partial charge on any atom is -0.390 e. The highest BCUT2D eigenvalue weighted by atomic mass is 32.2. The van der Waals surface area contributed by atoms with E-state index in [0.29, 0.717) is 5.69 Å². The van der Waals surface area contributed by atoms with Crippen LogP contribution in [0.3, 0.4) is 0 Å². The minimum absolute atomic E-state index is 0.248. The summed E-state index contributed by atoms with van der Waals surface area (Å²) in [5.74, 6) is 0. The third-order valence-electron chi connectivity index (χ3n) is 1.12. The number of hydrogen-bond donors (Lipinski definition) is 1. The van der Waals surface area contributed by atoms with Crippen LogP contribution in [-0.4, -0.2) is 29.0 Å². The third-order valence-corrected chi connectivity index (χ3v) is 2.01. The number of aliphatic hydroxyl groups excluding tert-OH is 1. The fraction of sp³-hybridized carbons (Fsp3) is 0.400. The molecule has 1 aromatic rings. The van der Waals surface area contributed by atoms with Crippen molar-refractivity contribution in [3.05, 3.63) is 18.0 Å². The van der Waals surface area contributed by atoms with Gasteiger partial charge >= 0.3 is 0 Å². The van der Waals surface area contributed by atoms with Crippen molar-refractivity contribution in [1.82, 2.24) is 9.19 Å². The molecule has 0 saturated heterocycles. The van der Waals surface area contributed by atoms with Crippen LogP contribution in [-0.2, 0) is 16.6 Å². The first-order valence-electron chi connectivity index (χ1n) is 2.90. The molecule has 0 aliphatic rings. The van der Waals surface area contributed by atoms with Crippen LogP contribution < -0.4 is 0 Å². The summed E-state index contributed by atoms with van der Waals surface area (Å²) in [5.41, 5.74) is 0.343. The Morgan fingerprint density at radius 2 is 2.36 bits per heavy atom. The molecule has 0 radical (unpaired) electrons. The molecule has 1 aromatic heterocycles. The van der Waals surface area contributed by atoms with Gasteiger partial charge in [-0.2, -0.15) is 9.19 Å². The van der Waals surface area contributed by atoms with Crippen molar-refractivity contribution in [1.29, 1.82) is 0 Å².